The van der Waals surface area contributed by atoms with Gasteiger partial charge in [0.15, 0.2) is 0 Å². The topological polar surface area (TPSA) is 95.8 Å². The van der Waals surface area contributed by atoms with Gasteiger partial charge in [0.05, 0.1) is 31.4 Å². The number of ether oxygens (including phenoxy) is 3. The normalized spacial score (nSPS) is 17.3. The van der Waals surface area contributed by atoms with Crippen LogP contribution in [0.25, 0.3) is 11.3 Å². The Bertz CT molecular complexity index is 1160. The summed E-state index contributed by atoms with van der Waals surface area (Å²) in [5, 5.41) is 8.48. The lowest BCUT2D eigenvalue weighted by molar-refractivity contribution is -0.147. The van der Waals surface area contributed by atoms with Crippen molar-refractivity contribution in [2.45, 2.75) is 44.9 Å². The number of hydrogen-bond donors (Lipinski definition) is 0. The second-order valence-electron chi connectivity index (χ2n) is 9.06. The van der Waals surface area contributed by atoms with Gasteiger partial charge in [0, 0.05) is 19.7 Å². The molecule has 0 radical (unpaired) electrons. The van der Waals surface area contributed by atoms with Gasteiger partial charge in [-0.05, 0) is 55.5 Å². The highest BCUT2D eigenvalue weighted by molar-refractivity contribution is 5.72. The Balaban J connectivity index is 1.37. The number of aryl methyl sites for hydroxylation is 1. The molecule has 0 spiro atoms. The molecule has 0 bridgehead atoms. The Morgan fingerprint density at radius 3 is 2.56 bits per heavy atom. The molecule has 1 fully saturated rings. The first kappa shape index (κ1) is 25.2. The molecule has 1 saturated carbocycles. The van der Waals surface area contributed by atoms with Crippen molar-refractivity contribution in [2.24, 2.45) is 13.0 Å². The minimum Gasteiger partial charge on any atom is -0.490 e. The molecular weight excluding hydrogens is 460 g/mol. The summed E-state index contributed by atoms with van der Waals surface area (Å²) in [7, 11) is 4.91. The summed E-state index contributed by atoms with van der Waals surface area (Å²) in [5.41, 5.74) is 3.28. The van der Waals surface area contributed by atoms with Gasteiger partial charge in [-0.3, -0.25) is 4.79 Å². The summed E-state index contributed by atoms with van der Waals surface area (Å²) < 4.78 is 18.1. The molecule has 0 N–H and O–H groups in total. The van der Waals surface area contributed by atoms with Crippen LogP contribution in [0.15, 0.2) is 54.6 Å². The van der Waals surface area contributed by atoms with Crippen molar-refractivity contribution in [1.29, 1.82) is 0 Å². The van der Waals surface area contributed by atoms with Crippen molar-refractivity contribution in [3.05, 3.63) is 65.9 Å². The van der Waals surface area contributed by atoms with Crippen molar-refractivity contribution in [3.63, 3.8) is 0 Å². The van der Waals surface area contributed by atoms with Crippen LogP contribution in [0, 0.1) is 5.92 Å². The fraction of sp³-hybridized carbons (Fsp3) is 0.407. The Labute approximate surface area is 211 Å². The van der Waals surface area contributed by atoms with E-state index in [4.69, 9.17) is 14.2 Å². The number of amides is 1. The van der Waals surface area contributed by atoms with Crippen LogP contribution < -0.4 is 4.74 Å². The monoisotopic (exact) mass is 492 g/mol. The number of esters is 1. The summed E-state index contributed by atoms with van der Waals surface area (Å²) in [6.07, 6.45) is 2.91. The number of carbonyl (C=O) groups is 2. The minimum atomic E-state index is -0.424. The van der Waals surface area contributed by atoms with E-state index in [1.807, 2.05) is 54.6 Å². The van der Waals surface area contributed by atoms with Crippen LogP contribution in [0.3, 0.4) is 0 Å². The molecule has 2 atom stereocenters. The van der Waals surface area contributed by atoms with Crippen LogP contribution in [-0.2, 0) is 34.5 Å². The van der Waals surface area contributed by atoms with Crippen LogP contribution >= 0.6 is 0 Å². The standard InChI is InChI=1S/C27H32N4O5/c1-30(27(33)35-18-19-8-5-4-6-9-19)17-24-25(28-29-31(24)2)20-12-14-22(15-13-20)36-23-11-7-10-21(16-23)26(32)34-3/h4-6,8-9,12-15,21,23H,7,10-11,16-18H2,1-3H3/t21-,23-/m0/s1. The number of methoxy groups -OCH3 is 1. The Hall–Kier alpha value is -3.88. The van der Waals surface area contributed by atoms with Crippen molar-refractivity contribution < 1.29 is 23.8 Å². The van der Waals surface area contributed by atoms with E-state index in [0.29, 0.717) is 18.7 Å². The lowest BCUT2D eigenvalue weighted by atomic mass is 9.87. The first-order valence-corrected chi connectivity index (χ1v) is 12.1. The van der Waals surface area contributed by atoms with E-state index < -0.39 is 6.09 Å². The molecule has 0 aliphatic heterocycles. The van der Waals surface area contributed by atoms with Gasteiger partial charge in [0.2, 0.25) is 0 Å². The van der Waals surface area contributed by atoms with Crippen LogP contribution in [0.4, 0.5) is 4.79 Å². The molecular formula is C27H32N4O5. The molecule has 1 aliphatic rings. The van der Waals surface area contributed by atoms with Crippen LogP contribution in [0.2, 0.25) is 0 Å². The van der Waals surface area contributed by atoms with Gasteiger partial charge in [-0.15, -0.1) is 5.10 Å². The molecule has 1 amide bonds. The van der Waals surface area contributed by atoms with Crippen LogP contribution in [0.5, 0.6) is 5.75 Å². The second-order valence-corrected chi connectivity index (χ2v) is 9.06. The van der Waals surface area contributed by atoms with Crippen LogP contribution in [-0.4, -0.2) is 52.2 Å². The quantitative estimate of drug-likeness (QED) is 0.431. The fourth-order valence-corrected chi connectivity index (χ4v) is 4.41. The predicted octanol–water partition coefficient (Wildman–Crippen LogP) is 4.36. The van der Waals surface area contributed by atoms with Crippen molar-refractivity contribution in [1.82, 2.24) is 19.9 Å². The number of hydrogen-bond acceptors (Lipinski definition) is 7. The average Bonchev–Trinajstić information content (AvgIpc) is 3.27. The van der Waals surface area contributed by atoms with Gasteiger partial charge in [0.25, 0.3) is 0 Å². The molecule has 4 rings (SSSR count). The number of nitrogens with zero attached hydrogens (tertiary/aromatic N) is 4. The Morgan fingerprint density at radius 1 is 1.08 bits per heavy atom. The van der Waals surface area contributed by atoms with E-state index >= 15 is 0 Å². The third-order valence-electron chi connectivity index (χ3n) is 6.44. The lowest BCUT2D eigenvalue weighted by Crippen LogP contribution is -2.30. The fourth-order valence-electron chi connectivity index (χ4n) is 4.41. The molecule has 1 heterocycles. The first-order chi connectivity index (χ1) is 17.4. The summed E-state index contributed by atoms with van der Waals surface area (Å²) in [5.74, 6) is 0.468. The van der Waals surface area contributed by atoms with E-state index in [1.165, 1.54) is 12.0 Å². The van der Waals surface area contributed by atoms with E-state index in [-0.39, 0.29) is 24.6 Å². The molecule has 0 unspecified atom stereocenters. The van der Waals surface area contributed by atoms with Gasteiger partial charge in [-0.2, -0.15) is 0 Å². The Morgan fingerprint density at radius 2 is 1.83 bits per heavy atom. The molecule has 3 aromatic rings. The predicted molar refractivity (Wildman–Crippen MR) is 133 cm³/mol. The van der Waals surface area contributed by atoms with Crippen molar-refractivity contribution in [2.75, 3.05) is 14.2 Å². The van der Waals surface area contributed by atoms with E-state index in [9.17, 15) is 9.59 Å². The molecule has 9 heteroatoms. The maximum absolute atomic E-state index is 12.5. The SMILES string of the molecule is COC(=O)[C@H]1CCC[C@H](Oc2ccc(-c3nnn(C)c3CN(C)C(=O)OCc3ccccc3)cc2)C1. The molecule has 1 aliphatic carbocycles. The zero-order valence-electron chi connectivity index (χ0n) is 20.9. The zero-order valence-corrected chi connectivity index (χ0v) is 20.9. The summed E-state index contributed by atoms with van der Waals surface area (Å²) in [4.78, 5) is 25.9. The highest BCUT2D eigenvalue weighted by Crippen LogP contribution is 2.30. The van der Waals surface area contributed by atoms with Gasteiger partial charge in [-0.25, -0.2) is 9.48 Å². The van der Waals surface area contributed by atoms with E-state index in [0.717, 1.165) is 41.8 Å². The van der Waals surface area contributed by atoms with Gasteiger partial charge in [0.1, 0.15) is 18.1 Å². The summed E-state index contributed by atoms with van der Waals surface area (Å²) in [6, 6.07) is 17.2. The van der Waals surface area contributed by atoms with Crippen molar-refractivity contribution >= 4 is 12.1 Å². The minimum absolute atomic E-state index is 0.0173. The zero-order chi connectivity index (χ0) is 25.5. The third kappa shape index (κ3) is 6.21. The highest BCUT2D eigenvalue weighted by atomic mass is 16.6. The first-order valence-electron chi connectivity index (χ1n) is 12.1. The van der Waals surface area contributed by atoms with Crippen LogP contribution in [0.1, 0.15) is 36.9 Å². The van der Waals surface area contributed by atoms with Crippen molar-refractivity contribution in [3.8, 4) is 17.0 Å². The number of benzene rings is 2. The molecule has 1 aromatic heterocycles. The molecule has 36 heavy (non-hydrogen) atoms. The number of carbonyl (C=O) groups excluding carboxylic acids is 2. The second kappa shape index (κ2) is 11.7. The number of aromatic nitrogens is 3. The van der Waals surface area contributed by atoms with Gasteiger partial charge in [-0.1, -0.05) is 35.5 Å². The van der Waals surface area contributed by atoms with Gasteiger partial charge < -0.3 is 19.1 Å². The molecule has 2 aromatic carbocycles. The van der Waals surface area contributed by atoms with E-state index in [1.54, 1.807) is 18.8 Å². The Kier molecular flexibility index (Phi) is 8.20. The molecule has 0 saturated heterocycles. The molecule has 9 nitrogen and oxygen atoms in total. The lowest BCUT2D eigenvalue weighted by Gasteiger charge is -2.28. The maximum atomic E-state index is 12.5. The smallest absolute Gasteiger partial charge is 0.410 e. The average molecular weight is 493 g/mol. The largest absolute Gasteiger partial charge is 0.490 e. The number of rotatable bonds is 8. The summed E-state index contributed by atoms with van der Waals surface area (Å²) >= 11 is 0. The maximum Gasteiger partial charge on any atom is 0.410 e. The highest BCUT2D eigenvalue weighted by Gasteiger charge is 2.29. The molecule has 190 valence electrons. The van der Waals surface area contributed by atoms with Gasteiger partial charge >= 0.3 is 12.1 Å². The summed E-state index contributed by atoms with van der Waals surface area (Å²) in [6.45, 7) is 0.505. The third-order valence-corrected chi connectivity index (χ3v) is 6.44. The van der Waals surface area contributed by atoms with E-state index in [2.05, 4.69) is 10.3 Å².